The zero-order chi connectivity index (χ0) is 40.0. The minimum absolute atomic E-state index is 0.582. The molecule has 0 atom stereocenters. The van der Waals surface area contributed by atoms with E-state index in [2.05, 4.69) is 144 Å². The summed E-state index contributed by atoms with van der Waals surface area (Å²) in [6.45, 7) is 0. The molecule has 0 aliphatic rings. The average Bonchev–Trinajstić information content (AvgIpc) is 4.00. The molecule has 13 aromatic rings. The summed E-state index contributed by atoms with van der Waals surface area (Å²) in [5.74, 6) is 1.78. The van der Waals surface area contributed by atoms with E-state index < -0.39 is 0 Å². The van der Waals surface area contributed by atoms with Crippen molar-refractivity contribution in [1.82, 2.24) is 19.5 Å². The quantitative estimate of drug-likeness (QED) is 0.174. The summed E-state index contributed by atoms with van der Waals surface area (Å²) in [6.07, 6.45) is 0. The van der Waals surface area contributed by atoms with E-state index in [-0.39, 0.29) is 0 Å². The first-order chi connectivity index (χ1) is 30.2. The summed E-state index contributed by atoms with van der Waals surface area (Å²) in [5, 5.41) is 9.54. The average molecular weight is 797 g/mol. The summed E-state index contributed by atoms with van der Waals surface area (Å²) < 4.78 is 11.3. The third-order valence-electron chi connectivity index (χ3n) is 12.0. The molecule has 0 saturated carbocycles. The van der Waals surface area contributed by atoms with Gasteiger partial charge in [0.15, 0.2) is 17.5 Å². The highest BCUT2D eigenvalue weighted by atomic mass is 32.1. The smallest absolute Gasteiger partial charge is 0.164 e. The minimum Gasteiger partial charge on any atom is -0.456 e. The normalized spacial score (nSPS) is 11.9. The Balaban J connectivity index is 1.05. The van der Waals surface area contributed by atoms with Gasteiger partial charge in [-0.25, -0.2) is 15.0 Å². The molecule has 0 aliphatic carbocycles. The maximum atomic E-state index is 6.31. The molecule has 6 heteroatoms. The van der Waals surface area contributed by atoms with Gasteiger partial charge in [-0.05, 0) is 70.9 Å². The standard InChI is InChI=1S/C55H32N4OS/c1-2-13-33(14-3-1)53-56-54(58-55(57-53)37-27-28-40-39-19-6-8-24-47(39)60-48(40)32-37)36-17-10-18-38(29-36)59-46-31-35-16-5-4-15-34(35)30-45(46)43-23-11-22-42(52(43)59)41-21-12-26-50-51(41)44-20-7-9-25-49(44)61-50/h1-32H. The van der Waals surface area contributed by atoms with Gasteiger partial charge in [0.25, 0.3) is 0 Å². The minimum atomic E-state index is 0.582. The number of rotatable bonds is 5. The van der Waals surface area contributed by atoms with Crippen LogP contribution in [0, 0.1) is 0 Å². The predicted molar refractivity (Wildman–Crippen MR) is 254 cm³/mol. The predicted octanol–water partition coefficient (Wildman–Crippen LogP) is 15.1. The molecule has 284 valence electrons. The fraction of sp³-hybridized carbons (Fsp3) is 0. The van der Waals surface area contributed by atoms with Crippen LogP contribution < -0.4 is 0 Å². The van der Waals surface area contributed by atoms with Gasteiger partial charge < -0.3 is 8.98 Å². The largest absolute Gasteiger partial charge is 0.456 e. The lowest BCUT2D eigenvalue weighted by molar-refractivity contribution is 0.669. The van der Waals surface area contributed by atoms with Crippen molar-refractivity contribution in [3.8, 4) is 51.0 Å². The van der Waals surface area contributed by atoms with Crippen LogP contribution in [0.5, 0.6) is 0 Å². The Bertz CT molecular complexity index is 3900. The summed E-state index contributed by atoms with van der Waals surface area (Å²) in [5.41, 5.74) is 10.1. The molecule has 0 unspecified atom stereocenters. The molecule has 0 aliphatic heterocycles. The number of para-hydroxylation sites is 2. The van der Waals surface area contributed by atoms with Crippen molar-refractivity contribution in [3.63, 3.8) is 0 Å². The van der Waals surface area contributed by atoms with Crippen LogP contribution in [0.1, 0.15) is 0 Å². The molecule has 9 aromatic carbocycles. The van der Waals surface area contributed by atoms with Crippen LogP contribution in [-0.4, -0.2) is 19.5 Å². The zero-order valence-electron chi connectivity index (χ0n) is 32.6. The summed E-state index contributed by atoms with van der Waals surface area (Å²) >= 11 is 1.85. The van der Waals surface area contributed by atoms with E-state index in [1.165, 1.54) is 52.8 Å². The third kappa shape index (κ3) is 5.36. The number of fused-ring (bicyclic) bond motifs is 10. The van der Waals surface area contributed by atoms with Gasteiger partial charge in [-0.15, -0.1) is 11.3 Å². The Morgan fingerprint density at radius 2 is 1.02 bits per heavy atom. The Morgan fingerprint density at radius 1 is 0.393 bits per heavy atom. The Hall–Kier alpha value is -7.93. The highest BCUT2D eigenvalue weighted by Gasteiger charge is 2.21. The molecule has 61 heavy (non-hydrogen) atoms. The number of hydrogen-bond acceptors (Lipinski definition) is 5. The van der Waals surface area contributed by atoms with Crippen LogP contribution in [0.2, 0.25) is 0 Å². The van der Waals surface area contributed by atoms with Crippen LogP contribution in [-0.2, 0) is 0 Å². The molecular weight excluding hydrogens is 765 g/mol. The second-order valence-corrected chi connectivity index (χ2v) is 16.6. The topological polar surface area (TPSA) is 56.7 Å². The number of furan rings is 1. The van der Waals surface area contributed by atoms with Crippen molar-refractivity contribution in [1.29, 1.82) is 0 Å². The molecule has 5 nitrogen and oxygen atoms in total. The molecule has 0 N–H and O–H groups in total. The molecule has 4 heterocycles. The number of thiophene rings is 1. The first kappa shape index (κ1) is 34.0. The van der Waals surface area contributed by atoms with Crippen LogP contribution in [0.15, 0.2) is 199 Å². The van der Waals surface area contributed by atoms with Gasteiger partial charge in [-0.1, -0.05) is 140 Å². The highest BCUT2D eigenvalue weighted by molar-refractivity contribution is 7.25. The molecule has 0 amide bonds. The highest BCUT2D eigenvalue weighted by Crippen LogP contribution is 2.45. The van der Waals surface area contributed by atoms with Crippen molar-refractivity contribution in [3.05, 3.63) is 194 Å². The maximum Gasteiger partial charge on any atom is 0.164 e. The van der Waals surface area contributed by atoms with Crippen molar-refractivity contribution >= 4 is 86.0 Å². The van der Waals surface area contributed by atoms with E-state index in [4.69, 9.17) is 19.4 Å². The van der Waals surface area contributed by atoms with Crippen molar-refractivity contribution < 1.29 is 4.42 Å². The lowest BCUT2D eigenvalue weighted by Crippen LogP contribution is -2.01. The third-order valence-corrected chi connectivity index (χ3v) is 13.2. The number of nitrogens with zero attached hydrogens (tertiary/aromatic N) is 4. The molecule has 0 fully saturated rings. The Kier molecular flexibility index (Phi) is 7.41. The monoisotopic (exact) mass is 796 g/mol. The Morgan fingerprint density at radius 3 is 1.89 bits per heavy atom. The van der Waals surface area contributed by atoms with Crippen LogP contribution in [0.4, 0.5) is 0 Å². The van der Waals surface area contributed by atoms with E-state index >= 15 is 0 Å². The molecule has 0 radical (unpaired) electrons. The maximum absolute atomic E-state index is 6.31. The van der Waals surface area contributed by atoms with Crippen molar-refractivity contribution in [2.24, 2.45) is 0 Å². The lowest BCUT2D eigenvalue weighted by Gasteiger charge is -2.14. The first-order valence-corrected chi connectivity index (χ1v) is 21.2. The van der Waals surface area contributed by atoms with E-state index in [0.717, 1.165) is 55.3 Å². The fourth-order valence-electron chi connectivity index (χ4n) is 9.24. The van der Waals surface area contributed by atoms with Gasteiger partial charge in [0.1, 0.15) is 11.2 Å². The van der Waals surface area contributed by atoms with Crippen molar-refractivity contribution in [2.45, 2.75) is 0 Å². The summed E-state index contributed by atoms with van der Waals surface area (Å²) in [7, 11) is 0. The van der Waals surface area contributed by atoms with Gasteiger partial charge in [0.2, 0.25) is 0 Å². The second-order valence-electron chi connectivity index (χ2n) is 15.6. The van der Waals surface area contributed by atoms with Gasteiger partial charge in [0.05, 0.1) is 11.0 Å². The SMILES string of the molecule is c1ccc(-c2nc(-c3cccc(-n4c5cc6ccccc6cc5c5cccc(-c6cccc7sc8ccccc8c67)c54)c3)nc(-c3ccc4c(c3)oc3ccccc34)n2)cc1. The first-order valence-electron chi connectivity index (χ1n) is 20.4. The van der Waals surface area contributed by atoms with Crippen LogP contribution >= 0.6 is 11.3 Å². The van der Waals surface area contributed by atoms with E-state index in [9.17, 15) is 0 Å². The second kappa shape index (κ2) is 13.3. The van der Waals surface area contributed by atoms with E-state index in [0.29, 0.717) is 17.5 Å². The number of benzene rings is 9. The van der Waals surface area contributed by atoms with Crippen LogP contribution in [0.3, 0.4) is 0 Å². The molecule has 4 aromatic heterocycles. The van der Waals surface area contributed by atoms with E-state index in [1.807, 2.05) is 65.9 Å². The Labute approximate surface area is 353 Å². The summed E-state index contributed by atoms with van der Waals surface area (Å²) in [4.78, 5) is 15.4. The number of hydrogen-bond donors (Lipinski definition) is 0. The van der Waals surface area contributed by atoms with Gasteiger partial charge in [-0.2, -0.15) is 0 Å². The molecule has 0 saturated heterocycles. The fourth-order valence-corrected chi connectivity index (χ4v) is 10.4. The summed E-state index contributed by atoms with van der Waals surface area (Å²) in [6, 6.07) is 68.7. The van der Waals surface area contributed by atoms with Gasteiger partial charge in [0, 0.05) is 69.7 Å². The lowest BCUT2D eigenvalue weighted by atomic mass is 9.97. The number of aromatic nitrogens is 4. The van der Waals surface area contributed by atoms with Crippen molar-refractivity contribution in [2.75, 3.05) is 0 Å². The van der Waals surface area contributed by atoms with Gasteiger partial charge >= 0.3 is 0 Å². The van der Waals surface area contributed by atoms with E-state index in [1.54, 1.807) is 0 Å². The van der Waals surface area contributed by atoms with Gasteiger partial charge in [-0.3, -0.25) is 0 Å². The molecular formula is C55H32N4OS. The molecule has 13 rings (SSSR count). The van der Waals surface area contributed by atoms with Crippen LogP contribution in [0.25, 0.3) is 126 Å². The zero-order valence-corrected chi connectivity index (χ0v) is 33.4. The molecule has 0 bridgehead atoms. The molecule has 0 spiro atoms.